The first kappa shape index (κ1) is 17.8. The zero-order valence-corrected chi connectivity index (χ0v) is 14.4. The molecule has 0 aromatic heterocycles. The third kappa shape index (κ3) is 4.24. The number of likely N-dealkylation sites (tertiary alicyclic amines) is 1. The highest BCUT2D eigenvalue weighted by Gasteiger charge is 2.41. The summed E-state index contributed by atoms with van der Waals surface area (Å²) < 4.78 is 10.1. The fourth-order valence-electron chi connectivity index (χ4n) is 2.92. The average molecular weight is 340 g/mol. The van der Waals surface area contributed by atoms with Crippen LogP contribution in [0.15, 0.2) is 24.3 Å². The van der Waals surface area contributed by atoms with Gasteiger partial charge in [-0.05, 0) is 24.1 Å². The molecule has 3 atom stereocenters. The van der Waals surface area contributed by atoms with Gasteiger partial charge in [0.15, 0.2) is 0 Å². The SMILES string of the molecule is COC(=O)[C@@H]1C[C@@H](OC)CN1C(=O)[C@H](C)Cc1ccc(Cl)cc1. The Morgan fingerprint density at radius 3 is 2.52 bits per heavy atom. The average Bonchev–Trinajstić information content (AvgIpc) is 2.99. The van der Waals surface area contributed by atoms with E-state index in [-0.39, 0.29) is 17.9 Å². The Hall–Kier alpha value is -1.59. The number of carbonyl (C=O) groups excluding carboxylic acids is 2. The van der Waals surface area contributed by atoms with Gasteiger partial charge in [-0.3, -0.25) is 4.79 Å². The first-order valence-electron chi connectivity index (χ1n) is 7.61. The number of halogens is 1. The van der Waals surface area contributed by atoms with Crippen molar-refractivity contribution in [2.75, 3.05) is 20.8 Å². The minimum absolute atomic E-state index is 0.0603. The highest BCUT2D eigenvalue weighted by atomic mass is 35.5. The Kier molecular flexibility index (Phi) is 6.02. The number of hydrogen-bond donors (Lipinski definition) is 0. The number of ether oxygens (including phenoxy) is 2. The molecule has 0 unspecified atom stereocenters. The van der Waals surface area contributed by atoms with Crippen LogP contribution in [-0.2, 0) is 25.5 Å². The quantitative estimate of drug-likeness (QED) is 0.772. The number of esters is 1. The second kappa shape index (κ2) is 7.79. The van der Waals surface area contributed by atoms with Gasteiger partial charge in [-0.2, -0.15) is 0 Å². The molecule has 0 aliphatic carbocycles. The summed E-state index contributed by atoms with van der Waals surface area (Å²) in [5.74, 6) is -0.689. The number of nitrogens with zero attached hydrogens (tertiary/aromatic N) is 1. The van der Waals surface area contributed by atoms with Gasteiger partial charge in [0.1, 0.15) is 6.04 Å². The lowest BCUT2D eigenvalue weighted by molar-refractivity contribution is -0.152. The third-order valence-electron chi connectivity index (χ3n) is 4.23. The summed E-state index contributed by atoms with van der Waals surface area (Å²) in [6.45, 7) is 2.28. The second-order valence-electron chi connectivity index (χ2n) is 5.85. The first-order valence-corrected chi connectivity index (χ1v) is 7.99. The lowest BCUT2D eigenvalue weighted by Gasteiger charge is -2.25. The fourth-order valence-corrected chi connectivity index (χ4v) is 3.04. The van der Waals surface area contributed by atoms with Crippen molar-refractivity contribution in [3.8, 4) is 0 Å². The molecule has 1 aromatic carbocycles. The zero-order chi connectivity index (χ0) is 17.0. The van der Waals surface area contributed by atoms with Crippen molar-refractivity contribution in [2.24, 2.45) is 5.92 Å². The Morgan fingerprint density at radius 1 is 1.30 bits per heavy atom. The van der Waals surface area contributed by atoms with E-state index < -0.39 is 12.0 Å². The van der Waals surface area contributed by atoms with E-state index in [2.05, 4.69) is 0 Å². The molecule has 0 N–H and O–H groups in total. The number of amides is 1. The molecule has 1 aliphatic heterocycles. The monoisotopic (exact) mass is 339 g/mol. The summed E-state index contributed by atoms with van der Waals surface area (Å²) in [6, 6.07) is 6.87. The van der Waals surface area contributed by atoms with Crippen LogP contribution in [0.25, 0.3) is 0 Å². The van der Waals surface area contributed by atoms with Crippen molar-refractivity contribution in [2.45, 2.75) is 31.9 Å². The maximum Gasteiger partial charge on any atom is 0.328 e. The molecule has 0 spiro atoms. The highest BCUT2D eigenvalue weighted by molar-refractivity contribution is 6.30. The van der Waals surface area contributed by atoms with Gasteiger partial charge < -0.3 is 14.4 Å². The van der Waals surface area contributed by atoms with Gasteiger partial charge in [0.05, 0.1) is 13.2 Å². The predicted octanol–water partition coefficient (Wildman–Crippen LogP) is 2.31. The van der Waals surface area contributed by atoms with Crippen LogP contribution in [0.3, 0.4) is 0 Å². The minimum Gasteiger partial charge on any atom is -0.467 e. The maximum absolute atomic E-state index is 12.7. The van der Waals surface area contributed by atoms with Crippen LogP contribution in [0.5, 0.6) is 0 Å². The van der Waals surface area contributed by atoms with E-state index in [1.165, 1.54) is 7.11 Å². The molecule has 1 heterocycles. The standard InChI is InChI=1S/C17H22ClNO4/c1-11(8-12-4-6-13(18)7-5-12)16(20)19-10-14(22-2)9-15(19)17(21)23-3/h4-7,11,14-15H,8-10H2,1-3H3/t11-,14-,15+/m1/s1. The summed E-state index contributed by atoms with van der Waals surface area (Å²) in [5, 5.41) is 0.668. The van der Waals surface area contributed by atoms with Crippen molar-refractivity contribution < 1.29 is 19.1 Å². The van der Waals surface area contributed by atoms with E-state index in [1.54, 1.807) is 12.0 Å². The van der Waals surface area contributed by atoms with Crippen molar-refractivity contribution >= 4 is 23.5 Å². The van der Waals surface area contributed by atoms with E-state index >= 15 is 0 Å². The normalized spacial score (nSPS) is 22.0. The molecule has 6 heteroatoms. The van der Waals surface area contributed by atoms with Gasteiger partial charge in [-0.25, -0.2) is 4.79 Å². The van der Waals surface area contributed by atoms with E-state index in [0.717, 1.165) is 5.56 Å². The van der Waals surface area contributed by atoms with E-state index in [9.17, 15) is 9.59 Å². The summed E-state index contributed by atoms with van der Waals surface area (Å²) in [6.07, 6.45) is 0.937. The predicted molar refractivity (Wildman–Crippen MR) is 87.3 cm³/mol. The zero-order valence-electron chi connectivity index (χ0n) is 13.6. The van der Waals surface area contributed by atoms with Gasteiger partial charge in [-0.15, -0.1) is 0 Å². The summed E-state index contributed by atoms with van der Waals surface area (Å²) in [4.78, 5) is 26.3. The fraction of sp³-hybridized carbons (Fsp3) is 0.529. The molecule has 0 radical (unpaired) electrons. The molecule has 0 saturated carbocycles. The lowest BCUT2D eigenvalue weighted by atomic mass is 9.99. The topological polar surface area (TPSA) is 55.8 Å². The maximum atomic E-state index is 12.7. The number of benzene rings is 1. The van der Waals surface area contributed by atoms with Gasteiger partial charge in [0.2, 0.25) is 5.91 Å². The number of carbonyl (C=O) groups is 2. The number of hydrogen-bond acceptors (Lipinski definition) is 4. The second-order valence-corrected chi connectivity index (χ2v) is 6.29. The van der Waals surface area contributed by atoms with Crippen LogP contribution in [0.4, 0.5) is 0 Å². The third-order valence-corrected chi connectivity index (χ3v) is 4.48. The highest BCUT2D eigenvalue weighted by Crippen LogP contribution is 2.24. The molecule has 1 saturated heterocycles. The first-order chi connectivity index (χ1) is 11.0. The van der Waals surface area contributed by atoms with Gasteiger partial charge in [-0.1, -0.05) is 30.7 Å². The molecular formula is C17H22ClNO4. The molecule has 126 valence electrons. The number of methoxy groups -OCH3 is 2. The van der Waals surface area contributed by atoms with Crippen molar-refractivity contribution in [3.63, 3.8) is 0 Å². The molecule has 2 rings (SSSR count). The van der Waals surface area contributed by atoms with E-state index in [1.807, 2.05) is 31.2 Å². The minimum atomic E-state index is -0.565. The Labute approximate surface area is 141 Å². The van der Waals surface area contributed by atoms with E-state index in [0.29, 0.717) is 24.4 Å². The molecule has 23 heavy (non-hydrogen) atoms. The van der Waals surface area contributed by atoms with Gasteiger partial charge in [0, 0.05) is 31.0 Å². The largest absolute Gasteiger partial charge is 0.467 e. The molecule has 5 nitrogen and oxygen atoms in total. The molecule has 1 aromatic rings. The Balaban J connectivity index is 2.07. The van der Waals surface area contributed by atoms with Crippen LogP contribution >= 0.6 is 11.6 Å². The van der Waals surface area contributed by atoms with Crippen LogP contribution in [-0.4, -0.2) is 49.7 Å². The van der Waals surface area contributed by atoms with Gasteiger partial charge in [0.25, 0.3) is 0 Å². The van der Waals surface area contributed by atoms with Crippen LogP contribution < -0.4 is 0 Å². The van der Waals surface area contributed by atoms with Crippen molar-refractivity contribution in [3.05, 3.63) is 34.9 Å². The van der Waals surface area contributed by atoms with Crippen LogP contribution in [0, 0.1) is 5.92 Å². The summed E-state index contributed by atoms with van der Waals surface area (Å²) in [7, 11) is 2.92. The Bertz CT molecular complexity index is 560. The van der Waals surface area contributed by atoms with Crippen LogP contribution in [0.1, 0.15) is 18.9 Å². The van der Waals surface area contributed by atoms with E-state index in [4.69, 9.17) is 21.1 Å². The summed E-state index contributed by atoms with van der Waals surface area (Å²) in [5.41, 5.74) is 1.03. The van der Waals surface area contributed by atoms with Gasteiger partial charge >= 0.3 is 5.97 Å². The molecule has 0 bridgehead atoms. The molecule has 1 amide bonds. The lowest BCUT2D eigenvalue weighted by Crippen LogP contribution is -2.44. The van der Waals surface area contributed by atoms with Crippen LogP contribution in [0.2, 0.25) is 5.02 Å². The smallest absolute Gasteiger partial charge is 0.328 e. The number of rotatable bonds is 5. The molecule has 1 fully saturated rings. The van der Waals surface area contributed by atoms with Crippen molar-refractivity contribution in [1.82, 2.24) is 4.90 Å². The molecular weight excluding hydrogens is 318 g/mol. The summed E-state index contributed by atoms with van der Waals surface area (Å²) >= 11 is 5.88. The molecule has 1 aliphatic rings. The Morgan fingerprint density at radius 2 is 1.96 bits per heavy atom. The van der Waals surface area contributed by atoms with Crippen molar-refractivity contribution in [1.29, 1.82) is 0 Å².